The highest BCUT2D eigenvalue weighted by Gasteiger charge is 2.06. The van der Waals surface area contributed by atoms with E-state index in [1.165, 1.54) is 6.92 Å². The summed E-state index contributed by atoms with van der Waals surface area (Å²) in [7, 11) is 0. The van der Waals surface area contributed by atoms with Crippen molar-refractivity contribution in [1.29, 1.82) is 0 Å². The molecule has 1 aromatic heterocycles. The number of hydrogen-bond acceptors (Lipinski definition) is 3. The van der Waals surface area contributed by atoms with Crippen molar-refractivity contribution in [3.63, 3.8) is 0 Å². The number of nitrogen functional groups attached to an aromatic ring is 1. The van der Waals surface area contributed by atoms with E-state index in [0.717, 1.165) is 24.2 Å². The van der Waals surface area contributed by atoms with Gasteiger partial charge in [0.1, 0.15) is 5.82 Å². The molecule has 0 unspecified atom stereocenters. The number of amides is 1. The summed E-state index contributed by atoms with van der Waals surface area (Å²) in [6, 6.07) is 11.7. The van der Waals surface area contributed by atoms with Crippen molar-refractivity contribution < 1.29 is 4.79 Å². The Kier molecular flexibility index (Phi) is 4.18. The number of para-hydroxylation sites is 1. The first-order valence-electron chi connectivity index (χ1n) is 6.31. The summed E-state index contributed by atoms with van der Waals surface area (Å²) in [6.45, 7) is 2.18. The third-order valence-corrected chi connectivity index (χ3v) is 2.77. The van der Waals surface area contributed by atoms with Crippen molar-refractivity contribution in [3.05, 3.63) is 42.1 Å². The molecule has 0 aliphatic carbocycles. The van der Waals surface area contributed by atoms with Gasteiger partial charge in [-0.3, -0.25) is 4.79 Å². The molecule has 1 heterocycles. The van der Waals surface area contributed by atoms with Crippen LogP contribution in [0.3, 0.4) is 0 Å². The topological polar surface area (TPSA) is 72.9 Å². The minimum absolute atomic E-state index is 0.00525. The van der Waals surface area contributed by atoms with Gasteiger partial charge in [-0.1, -0.05) is 18.2 Å². The van der Waals surface area contributed by atoms with Crippen molar-refractivity contribution in [3.8, 4) is 5.69 Å². The van der Waals surface area contributed by atoms with Gasteiger partial charge in [0.25, 0.3) is 0 Å². The minimum Gasteiger partial charge on any atom is -0.384 e. The van der Waals surface area contributed by atoms with Crippen LogP contribution in [0.15, 0.2) is 36.4 Å². The molecule has 0 bridgehead atoms. The summed E-state index contributed by atoms with van der Waals surface area (Å²) in [5.41, 5.74) is 7.85. The Bertz CT molecular complexity index is 548. The lowest BCUT2D eigenvalue weighted by Crippen LogP contribution is -2.21. The van der Waals surface area contributed by atoms with Gasteiger partial charge in [-0.2, -0.15) is 5.10 Å². The number of benzene rings is 1. The van der Waals surface area contributed by atoms with Gasteiger partial charge in [0.15, 0.2) is 0 Å². The number of carbonyl (C=O) groups excluding carboxylic acids is 1. The number of rotatable bonds is 5. The summed E-state index contributed by atoms with van der Waals surface area (Å²) in [5, 5.41) is 7.24. The Labute approximate surface area is 112 Å². The third kappa shape index (κ3) is 3.58. The molecule has 5 nitrogen and oxygen atoms in total. The van der Waals surface area contributed by atoms with Gasteiger partial charge >= 0.3 is 0 Å². The number of carbonyl (C=O) groups is 1. The second-order valence-corrected chi connectivity index (χ2v) is 4.39. The second kappa shape index (κ2) is 6.04. The van der Waals surface area contributed by atoms with E-state index in [9.17, 15) is 4.79 Å². The maximum absolute atomic E-state index is 10.7. The Morgan fingerprint density at radius 3 is 2.79 bits per heavy atom. The van der Waals surface area contributed by atoms with Crippen LogP contribution in [-0.2, 0) is 11.2 Å². The molecule has 0 aliphatic rings. The van der Waals surface area contributed by atoms with Crippen molar-refractivity contribution in [1.82, 2.24) is 15.1 Å². The molecule has 2 aromatic rings. The molecule has 0 radical (unpaired) electrons. The first-order valence-corrected chi connectivity index (χ1v) is 6.31. The van der Waals surface area contributed by atoms with Crippen LogP contribution >= 0.6 is 0 Å². The number of hydrogen-bond donors (Lipinski definition) is 2. The van der Waals surface area contributed by atoms with Gasteiger partial charge in [0.2, 0.25) is 5.91 Å². The molecule has 0 saturated heterocycles. The Balaban J connectivity index is 1.99. The van der Waals surface area contributed by atoms with E-state index in [4.69, 9.17) is 5.73 Å². The largest absolute Gasteiger partial charge is 0.384 e. The van der Waals surface area contributed by atoms with E-state index >= 15 is 0 Å². The Hall–Kier alpha value is -2.30. The van der Waals surface area contributed by atoms with Crippen LogP contribution in [-0.4, -0.2) is 22.2 Å². The molecule has 0 fully saturated rings. The summed E-state index contributed by atoms with van der Waals surface area (Å²) in [5.74, 6) is 0.620. The average molecular weight is 258 g/mol. The van der Waals surface area contributed by atoms with Crippen LogP contribution < -0.4 is 11.1 Å². The maximum Gasteiger partial charge on any atom is 0.216 e. The average Bonchev–Trinajstić information content (AvgIpc) is 2.77. The van der Waals surface area contributed by atoms with Crippen LogP contribution in [0.25, 0.3) is 5.69 Å². The molecule has 5 heteroatoms. The van der Waals surface area contributed by atoms with Gasteiger partial charge in [-0.15, -0.1) is 0 Å². The molecule has 0 aliphatic heterocycles. The van der Waals surface area contributed by atoms with Crippen molar-refractivity contribution in [2.75, 3.05) is 12.3 Å². The third-order valence-electron chi connectivity index (χ3n) is 2.77. The lowest BCUT2D eigenvalue weighted by Gasteiger charge is -2.02. The van der Waals surface area contributed by atoms with Crippen LogP contribution in [0, 0.1) is 0 Å². The fourth-order valence-electron chi connectivity index (χ4n) is 1.88. The maximum atomic E-state index is 10.7. The number of nitrogens with two attached hydrogens (primary N) is 1. The van der Waals surface area contributed by atoms with Crippen LogP contribution in [0.5, 0.6) is 0 Å². The fourth-order valence-corrected chi connectivity index (χ4v) is 1.88. The molecule has 0 saturated carbocycles. The number of nitrogens with zero attached hydrogens (tertiary/aromatic N) is 2. The second-order valence-electron chi connectivity index (χ2n) is 4.39. The predicted octanol–water partition coefficient (Wildman–Crippen LogP) is 1.52. The number of nitrogens with one attached hydrogen (secondary N) is 1. The minimum atomic E-state index is -0.00525. The summed E-state index contributed by atoms with van der Waals surface area (Å²) in [6.07, 6.45) is 1.65. The Morgan fingerprint density at radius 2 is 2.11 bits per heavy atom. The van der Waals surface area contributed by atoms with E-state index in [1.807, 2.05) is 36.4 Å². The molecule has 1 aromatic carbocycles. The normalized spacial score (nSPS) is 10.4. The first-order chi connectivity index (χ1) is 9.16. The SMILES string of the molecule is CC(=O)NCCCc1cc(N)n(-c2ccccc2)n1. The van der Waals surface area contributed by atoms with E-state index in [0.29, 0.717) is 12.4 Å². The van der Waals surface area contributed by atoms with E-state index in [-0.39, 0.29) is 5.91 Å². The van der Waals surface area contributed by atoms with Gasteiger partial charge in [-0.05, 0) is 25.0 Å². The zero-order chi connectivity index (χ0) is 13.7. The highest BCUT2D eigenvalue weighted by molar-refractivity contribution is 5.72. The summed E-state index contributed by atoms with van der Waals surface area (Å²) >= 11 is 0. The highest BCUT2D eigenvalue weighted by Crippen LogP contribution is 2.14. The number of anilines is 1. The molecule has 0 spiro atoms. The monoisotopic (exact) mass is 258 g/mol. The fraction of sp³-hybridized carbons (Fsp3) is 0.286. The van der Waals surface area contributed by atoms with E-state index in [1.54, 1.807) is 4.68 Å². The number of aryl methyl sites for hydroxylation is 1. The summed E-state index contributed by atoms with van der Waals surface area (Å²) < 4.78 is 1.73. The first kappa shape index (κ1) is 13.1. The van der Waals surface area contributed by atoms with Gasteiger partial charge < -0.3 is 11.1 Å². The predicted molar refractivity (Wildman–Crippen MR) is 75.0 cm³/mol. The molecule has 3 N–H and O–H groups in total. The zero-order valence-electron chi connectivity index (χ0n) is 11.0. The molecular formula is C14H18N4O. The molecule has 19 heavy (non-hydrogen) atoms. The molecule has 1 amide bonds. The molecule has 2 rings (SSSR count). The smallest absolute Gasteiger partial charge is 0.216 e. The zero-order valence-corrected chi connectivity index (χ0v) is 11.0. The van der Waals surface area contributed by atoms with E-state index < -0.39 is 0 Å². The molecule has 0 atom stereocenters. The van der Waals surface area contributed by atoms with Crippen molar-refractivity contribution >= 4 is 11.7 Å². The van der Waals surface area contributed by atoms with Gasteiger partial charge in [-0.25, -0.2) is 4.68 Å². The highest BCUT2D eigenvalue weighted by atomic mass is 16.1. The van der Waals surface area contributed by atoms with Crippen molar-refractivity contribution in [2.45, 2.75) is 19.8 Å². The number of aromatic nitrogens is 2. The molecule has 100 valence electrons. The summed E-state index contributed by atoms with van der Waals surface area (Å²) in [4.78, 5) is 10.7. The van der Waals surface area contributed by atoms with Gasteiger partial charge in [0, 0.05) is 19.5 Å². The van der Waals surface area contributed by atoms with Crippen LogP contribution in [0.4, 0.5) is 5.82 Å². The van der Waals surface area contributed by atoms with E-state index in [2.05, 4.69) is 10.4 Å². The van der Waals surface area contributed by atoms with Gasteiger partial charge in [0.05, 0.1) is 11.4 Å². The van der Waals surface area contributed by atoms with Crippen molar-refractivity contribution in [2.24, 2.45) is 0 Å². The lowest BCUT2D eigenvalue weighted by molar-refractivity contribution is -0.118. The Morgan fingerprint density at radius 1 is 1.37 bits per heavy atom. The van der Waals surface area contributed by atoms with Crippen LogP contribution in [0.1, 0.15) is 19.0 Å². The lowest BCUT2D eigenvalue weighted by atomic mass is 10.2. The standard InChI is InChI=1S/C14H18N4O/c1-11(19)16-9-5-6-12-10-14(15)18(17-12)13-7-3-2-4-8-13/h2-4,7-8,10H,5-6,9,15H2,1H3,(H,16,19). The molecular weight excluding hydrogens is 240 g/mol. The van der Waals surface area contributed by atoms with Crippen LogP contribution in [0.2, 0.25) is 0 Å². The quantitative estimate of drug-likeness (QED) is 0.799.